The Hall–Kier alpha value is -0.820. The summed E-state index contributed by atoms with van der Waals surface area (Å²) >= 11 is 0. The zero-order chi connectivity index (χ0) is 10.5. The van der Waals surface area contributed by atoms with Gasteiger partial charge in [0, 0.05) is 13.1 Å². The van der Waals surface area contributed by atoms with Crippen molar-refractivity contribution in [3.8, 4) is 0 Å². The molecule has 0 fully saturated rings. The van der Waals surface area contributed by atoms with Crippen molar-refractivity contribution < 1.29 is 0 Å². The summed E-state index contributed by atoms with van der Waals surface area (Å²) in [5, 5.41) is 3.52. The van der Waals surface area contributed by atoms with Crippen LogP contribution >= 0.6 is 0 Å². The lowest BCUT2D eigenvalue weighted by molar-refractivity contribution is 0.491. The lowest BCUT2D eigenvalue weighted by Gasteiger charge is -2.26. The van der Waals surface area contributed by atoms with Gasteiger partial charge in [-0.25, -0.2) is 0 Å². The molecule has 1 aliphatic rings. The third-order valence-electron chi connectivity index (χ3n) is 3.36. The molecule has 0 saturated heterocycles. The van der Waals surface area contributed by atoms with Crippen molar-refractivity contribution in [2.24, 2.45) is 0 Å². The Bertz CT molecular complexity index is 306. The summed E-state index contributed by atoms with van der Waals surface area (Å²) < 4.78 is 0. The largest absolute Gasteiger partial charge is 0.312 e. The fourth-order valence-corrected chi connectivity index (χ4v) is 2.48. The van der Waals surface area contributed by atoms with Crippen molar-refractivity contribution >= 4 is 0 Å². The van der Waals surface area contributed by atoms with Gasteiger partial charge in [-0.2, -0.15) is 0 Å². The maximum atomic E-state index is 3.52. The van der Waals surface area contributed by atoms with Gasteiger partial charge in [-0.05, 0) is 23.5 Å². The van der Waals surface area contributed by atoms with Gasteiger partial charge in [-0.3, -0.25) is 0 Å². The summed E-state index contributed by atoms with van der Waals surface area (Å²) in [5.74, 6) is 0.751. The molecule has 2 rings (SSSR count). The maximum absolute atomic E-state index is 3.52. The number of unbranched alkanes of at least 4 members (excludes halogenated alkanes) is 2. The lowest BCUT2D eigenvalue weighted by Crippen LogP contribution is -2.28. The normalized spacial score (nSPS) is 19.9. The third-order valence-corrected chi connectivity index (χ3v) is 3.36. The minimum absolute atomic E-state index is 0.751. The van der Waals surface area contributed by atoms with Crippen LogP contribution in [0.25, 0.3) is 0 Å². The van der Waals surface area contributed by atoms with Crippen LogP contribution in [0.2, 0.25) is 0 Å². The van der Waals surface area contributed by atoms with E-state index >= 15 is 0 Å². The van der Waals surface area contributed by atoms with E-state index in [1.807, 2.05) is 0 Å². The molecule has 1 aliphatic heterocycles. The molecule has 0 saturated carbocycles. The SMILES string of the molecule is CCCCCC1CNCc2ccccc21. The van der Waals surface area contributed by atoms with Crippen molar-refractivity contribution in [3.63, 3.8) is 0 Å². The second kappa shape index (κ2) is 5.32. The summed E-state index contributed by atoms with van der Waals surface area (Å²) in [6.45, 7) is 4.49. The molecular weight excluding hydrogens is 182 g/mol. The highest BCUT2D eigenvalue weighted by Crippen LogP contribution is 2.27. The average molecular weight is 203 g/mol. The summed E-state index contributed by atoms with van der Waals surface area (Å²) in [6.07, 6.45) is 5.41. The van der Waals surface area contributed by atoms with Crippen molar-refractivity contribution in [2.45, 2.75) is 45.1 Å². The van der Waals surface area contributed by atoms with Crippen molar-refractivity contribution in [1.29, 1.82) is 0 Å². The van der Waals surface area contributed by atoms with Crippen LogP contribution in [0.3, 0.4) is 0 Å². The molecule has 15 heavy (non-hydrogen) atoms. The second-order valence-corrected chi connectivity index (χ2v) is 4.52. The molecule has 82 valence electrons. The maximum Gasteiger partial charge on any atom is 0.0208 e. The summed E-state index contributed by atoms with van der Waals surface area (Å²) in [7, 11) is 0. The van der Waals surface area contributed by atoms with Crippen LogP contribution in [0.5, 0.6) is 0 Å². The number of nitrogens with one attached hydrogen (secondary N) is 1. The molecular formula is C14H21N. The molecule has 1 N–H and O–H groups in total. The van der Waals surface area contributed by atoms with Crippen LogP contribution in [0.15, 0.2) is 24.3 Å². The van der Waals surface area contributed by atoms with Crippen molar-refractivity contribution in [1.82, 2.24) is 5.32 Å². The van der Waals surface area contributed by atoms with Crippen LogP contribution in [-0.4, -0.2) is 6.54 Å². The predicted molar refractivity (Wildman–Crippen MR) is 65.0 cm³/mol. The molecule has 1 unspecified atom stereocenters. The molecule has 0 aromatic heterocycles. The first-order chi connectivity index (χ1) is 7.42. The van der Waals surface area contributed by atoms with Crippen LogP contribution in [0, 0.1) is 0 Å². The Labute approximate surface area is 92.9 Å². The molecule has 0 bridgehead atoms. The molecule has 1 heteroatoms. The molecule has 0 spiro atoms. The Balaban J connectivity index is 2.02. The minimum Gasteiger partial charge on any atom is -0.312 e. The molecule has 0 aliphatic carbocycles. The zero-order valence-corrected chi connectivity index (χ0v) is 9.63. The highest BCUT2D eigenvalue weighted by Gasteiger charge is 2.18. The van der Waals surface area contributed by atoms with E-state index in [1.165, 1.54) is 37.8 Å². The van der Waals surface area contributed by atoms with Crippen molar-refractivity contribution in [2.75, 3.05) is 6.54 Å². The summed E-state index contributed by atoms with van der Waals surface area (Å²) in [4.78, 5) is 0. The molecule has 1 nitrogen and oxygen atoms in total. The number of fused-ring (bicyclic) bond motifs is 1. The topological polar surface area (TPSA) is 12.0 Å². The van der Waals surface area contributed by atoms with Gasteiger partial charge < -0.3 is 5.32 Å². The Morgan fingerprint density at radius 1 is 1.27 bits per heavy atom. The molecule has 0 amide bonds. The van der Waals surface area contributed by atoms with Gasteiger partial charge in [-0.15, -0.1) is 0 Å². The average Bonchev–Trinajstić information content (AvgIpc) is 2.30. The highest BCUT2D eigenvalue weighted by atomic mass is 14.9. The van der Waals surface area contributed by atoms with E-state index in [2.05, 4.69) is 36.5 Å². The van der Waals surface area contributed by atoms with Gasteiger partial charge >= 0.3 is 0 Å². The second-order valence-electron chi connectivity index (χ2n) is 4.52. The van der Waals surface area contributed by atoms with E-state index < -0.39 is 0 Å². The summed E-state index contributed by atoms with van der Waals surface area (Å²) in [6, 6.07) is 8.90. The molecule has 1 atom stereocenters. The quantitative estimate of drug-likeness (QED) is 0.739. The lowest BCUT2D eigenvalue weighted by atomic mass is 9.87. The van der Waals surface area contributed by atoms with E-state index in [-0.39, 0.29) is 0 Å². The molecule has 0 radical (unpaired) electrons. The van der Waals surface area contributed by atoms with Crippen LogP contribution in [-0.2, 0) is 6.54 Å². The first-order valence-corrected chi connectivity index (χ1v) is 6.20. The van der Waals surface area contributed by atoms with Gasteiger partial charge in [0.2, 0.25) is 0 Å². The first kappa shape index (κ1) is 10.7. The Morgan fingerprint density at radius 2 is 2.13 bits per heavy atom. The van der Waals surface area contributed by atoms with E-state index in [9.17, 15) is 0 Å². The number of hydrogen-bond donors (Lipinski definition) is 1. The summed E-state index contributed by atoms with van der Waals surface area (Å²) in [5.41, 5.74) is 3.10. The van der Waals surface area contributed by atoms with Gasteiger partial charge in [0.15, 0.2) is 0 Å². The zero-order valence-electron chi connectivity index (χ0n) is 9.63. The Morgan fingerprint density at radius 3 is 3.00 bits per heavy atom. The van der Waals surface area contributed by atoms with Gasteiger partial charge in [0.25, 0.3) is 0 Å². The fourth-order valence-electron chi connectivity index (χ4n) is 2.48. The number of hydrogen-bond acceptors (Lipinski definition) is 1. The standard InChI is InChI=1S/C14H21N/c1-2-3-4-7-12-10-15-11-13-8-5-6-9-14(12)13/h5-6,8-9,12,15H,2-4,7,10-11H2,1H3. The Kier molecular flexibility index (Phi) is 3.79. The van der Waals surface area contributed by atoms with E-state index in [4.69, 9.17) is 0 Å². The first-order valence-electron chi connectivity index (χ1n) is 6.20. The number of rotatable bonds is 4. The predicted octanol–water partition coefficient (Wildman–Crippen LogP) is 3.45. The molecule has 1 heterocycles. The van der Waals surface area contributed by atoms with Gasteiger partial charge in [0.1, 0.15) is 0 Å². The van der Waals surface area contributed by atoms with Gasteiger partial charge in [0.05, 0.1) is 0 Å². The van der Waals surface area contributed by atoms with Crippen LogP contribution in [0.4, 0.5) is 0 Å². The fraction of sp³-hybridized carbons (Fsp3) is 0.571. The smallest absolute Gasteiger partial charge is 0.0208 e. The molecule has 1 aromatic rings. The van der Waals surface area contributed by atoms with E-state index in [0.717, 1.165) is 12.5 Å². The van der Waals surface area contributed by atoms with Gasteiger partial charge in [-0.1, -0.05) is 50.5 Å². The third kappa shape index (κ3) is 2.60. The minimum atomic E-state index is 0.751. The highest BCUT2D eigenvalue weighted by molar-refractivity contribution is 5.32. The van der Waals surface area contributed by atoms with Crippen molar-refractivity contribution in [3.05, 3.63) is 35.4 Å². The monoisotopic (exact) mass is 203 g/mol. The van der Waals surface area contributed by atoms with E-state index in [0.29, 0.717) is 0 Å². The number of benzene rings is 1. The van der Waals surface area contributed by atoms with E-state index in [1.54, 1.807) is 5.56 Å². The van der Waals surface area contributed by atoms with Crippen LogP contribution in [0.1, 0.15) is 49.7 Å². The molecule has 1 aromatic carbocycles. The van der Waals surface area contributed by atoms with Crippen LogP contribution < -0.4 is 5.32 Å².